The van der Waals surface area contributed by atoms with E-state index in [-0.39, 0.29) is 11.4 Å². The molecular weight excluding hydrogens is 404 g/mol. The number of hydrazone groups is 1. The van der Waals surface area contributed by atoms with Crippen LogP contribution in [0.5, 0.6) is 0 Å². The van der Waals surface area contributed by atoms with Crippen molar-refractivity contribution in [1.29, 1.82) is 5.26 Å². The predicted octanol–water partition coefficient (Wildman–Crippen LogP) is 1.55. The number of benzene rings is 2. The average molecular weight is 419 g/mol. The maximum atomic E-state index is 12.2. The van der Waals surface area contributed by atoms with Crippen LogP contribution in [0.3, 0.4) is 0 Å². The molecule has 1 aliphatic rings. The summed E-state index contributed by atoms with van der Waals surface area (Å²) in [7, 11) is -3.90. The zero-order valence-corrected chi connectivity index (χ0v) is 15.9. The molecule has 0 amide bonds. The lowest BCUT2D eigenvalue weighted by Gasteiger charge is -2.34. The molecule has 2 aromatic rings. The quantitative estimate of drug-likeness (QED) is 0.706. The van der Waals surface area contributed by atoms with E-state index < -0.39 is 27.4 Å². The van der Waals surface area contributed by atoms with Crippen LogP contribution in [0.4, 0.5) is 0 Å². The van der Waals surface area contributed by atoms with Crippen LogP contribution < -0.4 is 5.14 Å². The Balaban J connectivity index is 2.24. The monoisotopic (exact) mass is 418 g/mol. The Bertz CT molecular complexity index is 1080. The van der Waals surface area contributed by atoms with E-state index in [9.17, 15) is 18.3 Å². The molecule has 28 heavy (non-hydrogen) atoms. The van der Waals surface area contributed by atoms with Crippen LogP contribution >= 0.6 is 11.6 Å². The first kappa shape index (κ1) is 19.8. The molecule has 0 fully saturated rings. The minimum Gasteiger partial charge on any atom is -0.480 e. The number of nitrogens with two attached hydrogens (primary N) is 1. The van der Waals surface area contributed by atoms with E-state index in [1.807, 2.05) is 6.07 Å². The lowest BCUT2D eigenvalue weighted by atomic mass is 9.70. The van der Waals surface area contributed by atoms with Gasteiger partial charge in [0.15, 0.2) is 6.04 Å². The van der Waals surface area contributed by atoms with Crippen LogP contribution in [-0.4, -0.2) is 43.3 Å². The number of sulfonamides is 1. The number of aliphatic carboxylic acids is 1. The summed E-state index contributed by atoms with van der Waals surface area (Å²) in [5.74, 6) is -1.18. The van der Waals surface area contributed by atoms with Gasteiger partial charge in [-0.05, 0) is 35.4 Å². The van der Waals surface area contributed by atoms with Gasteiger partial charge in [0.25, 0.3) is 0 Å². The topological polar surface area (TPSA) is 137 Å². The summed E-state index contributed by atoms with van der Waals surface area (Å²) in [4.78, 5) is 12.1. The van der Waals surface area contributed by atoms with E-state index >= 15 is 0 Å². The fraction of sp³-hybridized carbons (Fsp3) is 0.167. The fourth-order valence-electron chi connectivity index (χ4n) is 3.34. The maximum Gasteiger partial charge on any atom is 0.329 e. The van der Waals surface area contributed by atoms with E-state index in [0.717, 1.165) is 0 Å². The minimum atomic E-state index is -3.90. The van der Waals surface area contributed by atoms with Crippen molar-refractivity contribution in [2.75, 3.05) is 6.54 Å². The summed E-state index contributed by atoms with van der Waals surface area (Å²) in [5, 5.41) is 29.9. The number of halogens is 1. The van der Waals surface area contributed by atoms with Gasteiger partial charge in [0, 0.05) is 11.2 Å². The fourth-order valence-corrected chi connectivity index (χ4v) is 3.98. The molecule has 0 saturated heterocycles. The number of hydrogen-bond donors (Lipinski definition) is 2. The second kappa shape index (κ2) is 7.24. The van der Waals surface area contributed by atoms with E-state index in [1.54, 1.807) is 24.3 Å². The molecule has 0 bridgehead atoms. The van der Waals surface area contributed by atoms with Crippen molar-refractivity contribution in [1.82, 2.24) is 5.01 Å². The molecule has 0 spiro atoms. The van der Waals surface area contributed by atoms with Crippen molar-refractivity contribution in [2.24, 2.45) is 10.2 Å². The van der Waals surface area contributed by atoms with Gasteiger partial charge in [0.1, 0.15) is 6.54 Å². The molecule has 3 N–H and O–H groups in total. The normalized spacial score (nSPS) is 21.5. The van der Waals surface area contributed by atoms with Gasteiger partial charge in [-0.25, -0.2) is 18.4 Å². The lowest BCUT2D eigenvalue weighted by molar-refractivity contribution is -0.143. The Morgan fingerprint density at radius 2 is 1.75 bits per heavy atom. The number of hydrogen-bond acceptors (Lipinski definition) is 6. The van der Waals surface area contributed by atoms with E-state index in [2.05, 4.69) is 5.10 Å². The largest absolute Gasteiger partial charge is 0.480 e. The second-order valence-electron chi connectivity index (χ2n) is 6.19. The third-order valence-corrected chi connectivity index (χ3v) is 5.77. The van der Waals surface area contributed by atoms with Gasteiger partial charge in [0.2, 0.25) is 10.0 Å². The third-order valence-electron chi connectivity index (χ3n) is 4.59. The van der Waals surface area contributed by atoms with Gasteiger partial charge in [-0.1, -0.05) is 35.9 Å². The summed E-state index contributed by atoms with van der Waals surface area (Å²) in [5.41, 5.74) is -0.194. The van der Waals surface area contributed by atoms with E-state index in [1.165, 1.54) is 35.5 Å². The lowest BCUT2D eigenvalue weighted by Crippen LogP contribution is -2.50. The number of carboxylic acids is 1. The number of nitriles is 1. The highest BCUT2D eigenvalue weighted by Gasteiger charge is 2.52. The first-order chi connectivity index (χ1) is 13.2. The summed E-state index contributed by atoms with van der Waals surface area (Å²) in [6.45, 7) is -0.224. The van der Waals surface area contributed by atoms with Crippen LogP contribution in [-0.2, 0) is 20.2 Å². The molecule has 0 aromatic heterocycles. The zero-order chi connectivity index (χ0) is 20.5. The number of primary sulfonamides is 1. The minimum absolute atomic E-state index is 0.0989. The number of carbonyl (C=O) groups is 1. The summed E-state index contributed by atoms with van der Waals surface area (Å²) >= 11 is 5.97. The highest BCUT2D eigenvalue weighted by molar-refractivity contribution is 7.89. The van der Waals surface area contributed by atoms with Gasteiger partial charge in [-0.3, -0.25) is 5.01 Å². The Labute approximate surface area is 166 Å². The number of nitrogens with zero attached hydrogens (tertiary/aromatic N) is 3. The molecule has 3 rings (SSSR count). The molecule has 2 unspecified atom stereocenters. The van der Waals surface area contributed by atoms with Gasteiger partial charge < -0.3 is 5.11 Å². The zero-order valence-electron chi connectivity index (χ0n) is 14.4. The van der Waals surface area contributed by atoms with Crippen molar-refractivity contribution >= 4 is 33.8 Å². The Kier molecular flexibility index (Phi) is 5.12. The van der Waals surface area contributed by atoms with Crippen LogP contribution in [0.15, 0.2) is 58.5 Å². The van der Waals surface area contributed by atoms with Crippen molar-refractivity contribution in [3.63, 3.8) is 0 Å². The predicted molar refractivity (Wildman–Crippen MR) is 102 cm³/mol. The highest BCUT2D eigenvalue weighted by Crippen LogP contribution is 2.41. The molecular formula is C18H15ClN4O4S. The van der Waals surface area contributed by atoms with Crippen molar-refractivity contribution in [2.45, 2.75) is 16.4 Å². The Morgan fingerprint density at radius 1 is 1.21 bits per heavy atom. The highest BCUT2D eigenvalue weighted by atomic mass is 35.5. The van der Waals surface area contributed by atoms with E-state index in [4.69, 9.17) is 22.0 Å². The molecule has 144 valence electrons. The average Bonchev–Trinajstić information content (AvgIpc) is 3.02. The van der Waals surface area contributed by atoms with Gasteiger partial charge in [-0.2, -0.15) is 10.4 Å². The van der Waals surface area contributed by atoms with Crippen LogP contribution in [0.1, 0.15) is 11.1 Å². The van der Waals surface area contributed by atoms with Crippen molar-refractivity contribution < 1.29 is 18.3 Å². The van der Waals surface area contributed by atoms with Gasteiger partial charge in [-0.15, -0.1) is 0 Å². The molecule has 0 saturated carbocycles. The molecule has 2 atom stereocenters. The van der Waals surface area contributed by atoms with Crippen molar-refractivity contribution in [3.8, 4) is 6.07 Å². The molecule has 0 radical (unpaired) electrons. The first-order valence-corrected chi connectivity index (χ1v) is 9.93. The standard InChI is InChI=1S/C18H15ClN4O4S/c19-14-5-1-12(2-6-14)18(11-22-23(10-9-20)16(18)17(24)25)13-3-7-15(8-4-13)28(21,26)27/h1-8,11,16H,10H2,(H,24,25)(H2,21,26,27). The number of carboxylic acid groups (broad SMARTS) is 1. The van der Waals surface area contributed by atoms with E-state index in [0.29, 0.717) is 16.1 Å². The number of rotatable bonds is 5. The molecule has 2 aromatic carbocycles. The maximum absolute atomic E-state index is 12.2. The second-order valence-corrected chi connectivity index (χ2v) is 8.18. The molecule has 1 aliphatic heterocycles. The van der Waals surface area contributed by atoms with Gasteiger partial charge >= 0.3 is 5.97 Å². The summed E-state index contributed by atoms with van der Waals surface area (Å²) in [6, 6.07) is 12.9. The SMILES string of the molecule is N#CCN1N=CC(c2ccc(Cl)cc2)(c2ccc(S(N)(=O)=O)cc2)C1C(=O)O. The van der Waals surface area contributed by atoms with Crippen LogP contribution in [0, 0.1) is 11.3 Å². The smallest absolute Gasteiger partial charge is 0.329 e. The Morgan fingerprint density at radius 3 is 2.21 bits per heavy atom. The third kappa shape index (κ3) is 3.33. The molecule has 8 nitrogen and oxygen atoms in total. The molecule has 1 heterocycles. The Hall–Kier alpha value is -2.93. The van der Waals surface area contributed by atoms with Crippen LogP contribution in [0.2, 0.25) is 5.02 Å². The molecule has 10 heteroatoms. The first-order valence-electron chi connectivity index (χ1n) is 8.01. The van der Waals surface area contributed by atoms with Crippen molar-refractivity contribution in [3.05, 3.63) is 64.7 Å². The summed E-state index contributed by atoms with van der Waals surface area (Å²) < 4.78 is 23.1. The van der Waals surface area contributed by atoms with Crippen LogP contribution in [0.25, 0.3) is 0 Å². The molecule has 0 aliphatic carbocycles. The van der Waals surface area contributed by atoms with Gasteiger partial charge in [0.05, 0.1) is 16.4 Å². The summed E-state index contributed by atoms with van der Waals surface area (Å²) in [6.07, 6.45) is 1.46.